The number of aromatic nitrogens is 1. The number of nitrogens with one attached hydrogen (secondary N) is 1. The first-order valence-corrected chi connectivity index (χ1v) is 9.90. The number of oxazole rings is 1. The molecule has 1 aromatic heterocycles. The number of ether oxygens (including phenoxy) is 1. The Morgan fingerprint density at radius 3 is 2.65 bits per heavy atom. The van der Waals surface area contributed by atoms with Crippen molar-refractivity contribution in [2.75, 3.05) is 6.61 Å². The molecule has 1 heterocycles. The molecule has 26 heavy (non-hydrogen) atoms. The number of benzene rings is 1. The third-order valence-corrected chi connectivity index (χ3v) is 6.86. The van der Waals surface area contributed by atoms with Crippen molar-refractivity contribution in [2.24, 2.45) is 23.2 Å². The molecule has 3 aliphatic rings. The van der Waals surface area contributed by atoms with E-state index in [1.807, 2.05) is 31.2 Å². The molecule has 1 N–H and O–H groups in total. The number of fused-ring (bicyclic) bond motifs is 2. The van der Waals surface area contributed by atoms with Crippen LogP contribution < -0.4 is 10.1 Å². The van der Waals surface area contributed by atoms with E-state index in [9.17, 15) is 0 Å². The standard InChI is InChI=1S/C22H30N2O2/c1-5-25-18-8-6-15(7-9-18)21-24-17(13-26-21)12-23-20-11-16-10-19(14(20)2)22(16,3)4/h6-9,13-14,16,19-20,23H,5,10-12H2,1-4H3/t14-,16-,19+,20?/m0/s1. The van der Waals surface area contributed by atoms with Gasteiger partial charge < -0.3 is 14.5 Å². The molecule has 1 aromatic carbocycles. The van der Waals surface area contributed by atoms with E-state index in [4.69, 9.17) is 9.15 Å². The fourth-order valence-electron chi connectivity index (χ4n) is 5.04. The lowest BCUT2D eigenvalue weighted by Gasteiger charge is -2.62. The Bertz CT molecular complexity index is 750. The van der Waals surface area contributed by atoms with E-state index < -0.39 is 0 Å². The van der Waals surface area contributed by atoms with Crippen molar-refractivity contribution in [1.82, 2.24) is 10.3 Å². The summed E-state index contributed by atoms with van der Waals surface area (Å²) in [6, 6.07) is 8.49. The Labute approximate surface area is 156 Å². The van der Waals surface area contributed by atoms with Gasteiger partial charge in [0.05, 0.1) is 12.3 Å². The Morgan fingerprint density at radius 2 is 2.00 bits per heavy atom. The van der Waals surface area contributed by atoms with Gasteiger partial charge in [-0.15, -0.1) is 0 Å². The van der Waals surface area contributed by atoms with Gasteiger partial charge in [0.25, 0.3) is 0 Å². The molecule has 0 saturated heterocycles. The van der Waals surface area contributed by atoms with Crippen molar-refractivity contribution in [3.8, 4) is 17.2 Å². The van der Waals surface area contributed by atoms with Gasteiger partial charge in [-0.1, -0.05) is 20.8 Å². The zero-order chi connectivity index (χ0) is 18.3. The monoisotopic (exact) mass is 354 g/mol. The minimum atomic E-state index is 0.534. The molecule has 3 fully saturated rings. The minimum Gasteiger partial charge on any atom is -0.494 e. The van der Waals surface area contributed by atoms with Crippen molar-refractivity contribution < 1.29 is 9.15 Å². The van der Waals surface area contributed by atoms with Gasteiger partial charge in [0.2, 0.25) is 5.89 Å². The van der Waals surface area contributed by atoms with Crippen LogP contribution in [0, 0.1) is 23.2 Å². The molecular weight excluding hydrogens is 324 g/mol. The lowest BCUT2D eigenvalue weighted by atomic mass is 9.45. The highest BCUT2D eigenvalue weighted by Gasteiger charge is 2.55. The molecule has 5 rings (SSSR count). The van der Waals surface area contributed by atoms with Crippen LogP contribution in [-0.4, -0.2) is 17.6 Å². The quantitative estimate of drug-likeness (QED) is 0.801. The number of rotatable bonds is 6. The van der Waals surface area contributed by atoms with Crippen LogP contribution in [0.3, 0.4) is 0 Å². The van der Waals surface area contributed by atoms with Crippen molar-refractivity contribution in [2.45, 2.75) is 53.1 Å². The maximum absolute atomic E-state index is 5.69. The first-order valence-electron chi connectivity index (χ1n) is 9.90. The Kier molecular flexibility index (Phi) is 4.55. The Morgan fingerprint density at radius 1 is 1.23 bits per heavy atom. The van der Waals surface area contributed by atoms with Crippen LogP contribution in [0.15, 0.2) is 34.9 Å². The average molecular weight is 354 g/mol. The molecular formula is C22H30N2O2. The largest absolute Gasteiger partial charge is 0.494 e. The normalized spacial score (nSPS) is 29.2. The number of nitrogens with zero attached hydrogens (tertiary/aromatic N) is 1. The van der Waals surface area contributed by atoms with Gasteiger partial charge in [0.15, 0.2) is 0 Å². The van der Waals surface area contributed by atoms with Gasteiger partial charge in [-0.3, -0.25) is 0 Å². The van der Waals surface area contributed by atoms with Gasteiger partial charge in [0, 0.05) is 18.2 Å². The lowest BCUT2D eigenvalue weighted by Crippen LogP contribution is -2.59. The molecule has 3 saturated carbocycles. The summed E-state index contributed by atoms with van der Waals surface area (Å²) in [5.74, 6) is 4.00. The van der Waals surface area contributed by atoms with E-state index in [0.717, 1.165) is 41.3 Å². The maximum atomic E-state index is 5.69. The molecule has 0 spiro atoms. The van der Waals surface area contributed by atoms with Gasteiger partial charge in [-0.25, -0.2) is 4.98 Å². The number of hydrogen-bond donors (Lipinski definition) is 1. The molecule has 0 aliphatic heterocycles. The molecule has 0 amide bonds. The van der Waals surface area contributed by atoms with Gasteiger partial charge in [-0.2, -0.15) is 0 Å². The number of hydrogen-bond acceptors (Lipinski definition) is 4. The summed E-state index contributed by atoms with van der Waals surface area (Å²) in [6.07, 6.45) is 4.48. The second-order valence-corrected chi connectivity index (χ2v) is 8.54. The summed E-state index contributed by atoms with van der Waals surface area (Å²) in [4.78, 5) is 4.65. The van der Waals surface area contributed by atoms with E-state index in [1.165, 1.54) is 12.8 Å². The molecule has 0 radical (unpaired) electrons. The molecule has 1 unspecified atom stereocenters. The second-order valence-electron chi connectivity index (χ2n) is 8.54. The highest BCUT2D eigenvalue weighted by molar-refractivity contribution is 5.54. The summed E-state index contributed by atoms with van der Waals surface area (Å²) >= 11 is 0. The molecule has 4 nitrogen and oxygen atoms in total. The van der Waals surface area contributed by atoms with Crippen LogP contribution >= 0.6 is 0 Å². The third-order valence-electron chi connectivity index (χ3n) is 6.86. The highest BCUT2D eigenvalue weighted by Crippen LogP contribution is 2.61. The van der Waals surface area contributed by atoms with Crippen LogP contribution in [0.1, 0.15) is 46.2 Å². The molecule has 4 atom stereocenters. The van der Waals surface area contributed by atoms with Gasteiger partial charge in [-0.05, 0) is 67.2 Å². The molecule has 140 valence electrons. The molecule has 4 heteroatoms. The third kappa shape index (κ3) is 3.05. The summed E-state index contributed by atoms with van der Waals surface area (Å²) < 4.78 is 11.2. The lowest BCUT2D eigenvalue weighted by molar-refractivity contribution is -0.115. The van der Waals surface area contributed by atoms with E-state index >= 15 is 0 Å². The Hall–Kier alpha value is -1.81. The zero-order valence-electron chi connectivity index (χ0n) is 16.3. The molecule has 2 aromatic rings. The van der Waals surface area contributed by atoms with E-state index in [-0.39, 0.29) is 0 Å². The van der Waals surface area contributed by atoms with Crippen molar-refractivity contribution in [3.63, 3.8) is 0 Å². The highest BCUT2D eigenvalue weighted by atomic mass is 16.5. The first kappa shape index (κ1) is 17.6. The van der Waals surface area contributed by atoms with Crippen LogP contribution in [0.5, 0.6) is 5.75 Å². The summed E-state index contributed by atoms with van der Waals surface area (Å²) in [5, 5.41) is 3.73. The minimum absolute atomic E-state index is 0.534. The SMILES string of the molecule is CCOc1ccc(-c2nc(CNC3C[C@@H]4C[C@H]([C@@H]3C)C4(C)C)co2)cc1. The molecule has 2 bridgehead atoms. The predicted molar refractivity (Wildman–Crippen MR) is 103 cm³/mol. The Balaban J connectivity index is 1.36. The van der Waals surface area contributed by atoms with E-state index in [2.05, 4.69) is 31.1 Å². The van der Waals surface area contributed by atoms with Crippen LogP contribution in [0.25, 0.3) is 11.5 Å². The average Bonchev–Trinajstić information content (AvgIpc) is 3.10. The van der Waals surface area contributed by atoms with E-state index in [1.54, 1.807) is 6.26 Å². The fraction of sp³-hybridized carbons (Fsp3) is 0.591. The second kappa shape index (κ2) is 6.73. The summed E-state index contributed by atoms with van der Waals surface area (Å²) in [7, 11) is 0. The maximum Gasteiger partial charge on any atom is 0.226 e. The summed E-state index contributed by atoms with van der Waals surface area (Å²) in [6.45, 7) is 10.7. The van der Waals surface area contributed by atoms with Crippen LogP contribution in [0.2, 0.25) is 0 Å². The van der Waals surface area contributed by atoms with E-state index in [0.29, 0.717) is 24.0 Å². The van der Waals surface area contributed by atoms with Crippen molar-refractivity contribution in [1.29, 1.82) is 0 Å². The first-order chi connectivity index (χ1) is 12.5. The topological polar surface area (TPSA) is 47.3 Å². The van der Waals surface area contributed by atoms with Crippen LogP contribution in [0.4, 0.5) is 0 Å². The zero-order valence-corrected chi connectivity index (χ0v) is 16.3. The molecule has 3 aliphatic carbocycles. The fourth-order valence-corrected chi connectivity index (χ4v) is 5.04. The predicted octanol–water partition coefficient (Wildman–Crippen LogP) is 4.90. The van der Waals surface area contributed by atoms with Gasteiger partial charge >= 0.3 is 0 Å². The van der Waals surface area contributed by atoms with Crippen LogP contribution in [-0.2, 0) is 6.54 Å². The smallest absolute Gasteiger partial charge is 0.226 e. The van der Waals surface area contributed by atoms with Crippen molar-refractivity contribution >= 4 is 0 Å². The van der Waals surface area contributed by atoms with Crippen molar-refractivity contribution in [3.05, 3.63) is 36.2 Å². The van der Waals surface area contributed by atoms with Gasteiger partial charge in [0.1, 0.15) is 12.0 Å². The summed E-state index contributed by atoms with van der Waals surface area (Å²) in [5.41, 5.74) is 2.49.